The predicted octanol–water partition coefficient (Wildman–Crippen LogP) is 5.26. The van der Waals surface area contributed by atoms with Gasteiger partial charge in [0.05, 0.1) is 30.1 Å². The maximum atomic E-state index is 14.3. The minimum atomic E-state index is -1.14. The number of carbonyl (C=O) groups excluding carboxylic acids is 3. The number of allylic oxidation sites excluding steroid dienone is 2. The Morgan fingerprint density at radius 1 is 1.02 bits per heavy atom. The number of ketones is 1. The molecule has 10 nitrogen and oxygen atoms in total. The molecule has 4 atom stereocenters. The number of fused-ring (bicyclic) bond motifs is 8. The van der Waals surface area contributed by atoms with Gasteiger partial charge in [-0.1, -0.05) is 52.3 Å². The van der Waals surface area contributed by atoms with Crippen molar-refractivity contribution in [3.63, 3.8) is 0 Å². The monoisotopic (exact) mass is 748 g/mol. The van der Waals surface area contributed by atoms with Crippen molar-refractivity contribution >= 4 is 53.9 Å². The summed E-state index contributed by atoms with van der Waals surface area (Å²) in [5, 5.41) is 16.9. The summed E-state index contributed by atoms with van der Waals surface area (Å²) in [4.78, 5) is 51.7. The minimum Gasteiger partial charge on any atom is -0.515 e. The average Bonchev–Trinajstić information content (AvgIpc) is 3.90. The molecule has 1 unspecified atom stereocenters. The van der Waals surface area contributed by atoms with E-state index in [4.69, 9.17) is 9.47 Å². The summed E-state index contributed by atoms with van der Waals surface area (Å²) in [5.74, 6) is -1.95. The normalized spacial score (nSPS) is 22.8. The fourth-order valence-electron chi connectivity index (χ4n) is 8.74. The van der Waals surface area contributed by atoms with E-state index in [0.717, 1.165) is 81.3 Å². The van der Waals surface area contributed by atoms with Gasteiger partial charge in [0, 0.05) is 56.8 Å². The van der Waals surface area contributed by atoms with E-state index in [-0.39, 0.29) is 36.6 Å². The van der Waals surface area contributed by atoms with Gasteiger partial charge >= 0.3 is 11.9 Å². The van der Waals surface area contributed by atoms with Gasteiger partial charge in [0.1, 0.15) is 12.5 Å². The number of rotatable bonds is 12. The lowest BCUT2D eigenvalue weighted by Gasteiger charge is -2.25. The maximum Gasteiger partial charge on any atom is 0.320 e. The van der Waals surface area contributed by atoms with Crippen molar-refractivity contribution in [2.24, 2.45) is 23.7 Å². The molecule has 8 bridgehead atoms. The molecule has 5 heterocycles. The number of nitrogens with one attached hydrogen (secondary N) is 4. The van der Waals surface area contributed by atoms with Crippen molar-refractivity contribution in [1.82, 2.24) is 20.3 Å². The van der Waals surface area contributed by atoms with Crippen molar-refractivity contribution in [1.29, 1.82) is 0 Å². The number of methoxy groups -OCH3 is 1. The third-order valence-corrected chi connectivity index (χ3v) is 11.9. The van der Waals surface area contributed by atoms with Crippen molar-refractivity contribution in [2.45, 2.75) is 93.0 Å². The number of esters is 2. The number of carbonyl (C=O) groups is 3. The summed E-state index contributed by atoms with van der Waals surface area (Å²) >= 11 is 0. The molecule has 3 aromatic rings. The summed E-state index contributed by atoms with van der Waals surface area (Å²) in [5.41, 5.74) is 9.26. The van der Waals surface area contributed by atoms with Crippen LogP contribution >= 0.6 is 0 Å². The molecule has 0 amide bonds. The summed E-state index contributed by atoms with van der Waals surface area (Å²) in [7, 11) is 1.30. The SMILES string of the molecule is C=Cc1c2[nH]c(c1C)/C=C1\NC(C3=c4[nH]/c(c(C)c4C(=O)[C@@H]3C(=O)OC)=C\c3[nH]c(/c(=C\O)c3CC)=C\2)[C@@H](CCC(=O)OC/C=C(\C)CCCC(C)C)[C@@H]1C. The van der Waals surface area contributed by atoms with Gasteiger partial charge in [-0.05, 0) is 105 Å². The lowest BCUT2D eigenvalue weighted by Crippen LogP contribution is -2.38. The fourth-order valence-corrected chi connectivity index (χ4v) is 8.74. The van der Waals surface area contributed by atoms with Crippen LogP contribution in [0.5, 0.6) is 0 Å². The van der Waals surface area contributed by atoms with Gasteiger partial charge < -0.3 is 34.8 Å². The van der Waals surface area contributed by atoms with Crippen molar-refractivity contribution in [3.05, 3.63) is 90.1 Å². The Morgan fingerprint density at radius 3 is 2.44 bits per heavy atom. The average molecular weight is 749 g/mol. The molecule has 0 spiro atoms. The predicted molar refractivity (Wildman–Crippen MR) is 217 cm³/mol. The third kappa shape index (κ3) is 7.43. The Hall–Kier alpha value is -5.25. The molecule has 6 rings (SSSR count). The van der Waals surface area contributed by atoms with Crippen molar-refractivity contribution in [2.75, 3.05) is 13.7 Å². The summed E-state index contributed by atoms with van der Waals surface area (Å²) in [6, 6.07) is -0.468. The van der Waals surface area contributed by atoms with E-state index in [9.17, 15) is 19.5 Å². The first-order valence-electron chi connectivity index (χ1n) is 19.6. The number of H-pyrrole nitrogens is 3. The highest BCUT2D eigenvalue weighted by Gasteiger charge is 2.49. The van der Waals surface area contributed by atoms with Crippen LogP contribution < -0.4 is 26.6 Å². The Morgan fingerprint density at radius 2 is 1.76 bits per heavy atom. The van der Waals surface area contributed by atoms with Crippen LogP contribution in [0, 0.1) is 37.5 Å². The van der Waals surface area contributed by atoms with E-state index >= 15 is 0 Å². The number of Topliss-reactive ketones (excluding diaryl/α,β-unsaturated/α-hetero) is 1. The van der Waals surface area contributed by atoms with Crippen LogP contribution in [0.4, 0.5) is 0 Å². The number of ether oxygens (including phenoxy) is 2. The van der Waals surface area contributed by atoms with Crippen LogP contribution in [-0.4, -0.2) is 57.5 Å². The van der Waals surface area contributed by atoms with E-state index < -0.39 is 17.9 Å². The standard InChI is InChI=1S/C45H56N4O6/c1-10-28-25(6)32-19-33-26(7)30(15-16-38(51)55-18-17-24(5)14-12-13-23(3)4)42(48-33)40-41(45(53)54-9)44(52)39-27(8)34(49-43(39)40)20-36-29(11-2)31(22-50)37(47-36)21-35(28)46-32/h10,17,19-23,26,30,41-42,46-50H,1,11-16,18H2,2-9H3/b24-17+,31-22-,33-19-,34-20-,37-21-/t26-,30-,41+,42?/m0/s1. The van der Waals surface area contributed by atoms with E-state index in [2.05, 4.69) is 60.6 Å². The highest BCUT2D eigenvalue weighted by Crippen LogP contribution is 2.42. The first-order valence-corrected chi connectivity index (χ1v) is 19.6. The topological polar surface area (TPSA) is 149 Å². The summed E-state index contributed by atoms with van der Waals surface area (Å²) < 4.78 is 11.0. The number of aliphatic hydroxyl groups is 1. The first kappa shape index (κ1) is 39.4. The molecule has 2 aliphatic heterocycles. The molecule has 55 heavy (non-hydrogen) atoms. The van der Waals surface area contributed by atoms with E-state index in [1.807, 2.05) is 45.1 Å². The lowest BCUT2D eigenvalue weighted by atomic mass is 9.80. The van der Waals surface area contributed by atoms with Crippen LogP contribution in [-0.2, 0) is 25.5 Å². The van der Waals surface area contributed by atoms with Crippen LogP contribution in [0.25, 0.3) is 36.1 Å². The molecule has 0 aromatic carbocycles. The number of aromatic amines is 3. The van der Waals surface area contributed by atoms with Crippen LogP contribution in [0.3, 0.4) is 0 Å². The number of aromatic nitrogens is 3. The Kier molecular flexibility index (Phi) is 11.6. The van der Waals surface area contributed by atoms with Gasteiger partial charge in [0.2, 0.25) is 0 Å². The molecular formula is C45H56N4O6. The molecule has 0 saturated carbocycles. The quantitative estimate of drug-likeness (QED) is 0.0965. The molecule has 1 saturated heterocycles. The molecule has 1 aliphatic carbocycles. The van der Waals surface area contributed by atoms with E-state index in [0.29, 0.717) is 40.5 Å². The molecular weight excluding hydrogens is 693 g/mol. The lowest BCUT2D eigenvalue weighted by molar-refractivity contribution is -0.143. The first-order chi connectivity index (χ1) is 26.3. The maximum absolute atomic E-state index is 14.3. The minimum absolute atomic E-state index is 0.0841. The zero-order valence-corrected chi connectivity index (χ0v) is 33.5. The molecule has 0 radical (unpaired) electrons. The molecule has 3 aromatic heterocycles. The Balaban J connectivity index is 1.48. The summed E-state index contributed by atoms with van der Waals surface area (Å²) in [6.45, 7) is 18.9. The third-order valence-electron chi connectivity index (χ3n) is 11.9. The molecule has 1 fully saturated rings. The van der Waals surface area contributed by atoms with Crippen LogP contribution in [0.15, 0.2) is 23.9 Å². The van der Waals surface area contributed by atoms with Gasteiger partial charge in [-0.2, -0.15) is 0 Å². The number of aliphatic hydroxyl groups excluding tert-OH is 1. The largest absolute Gasteiger partial charge is 0.515 e. The molecule has 5 N–H and O–H groups in total. The van der Waals surface area contributed by atoms with Crippen LogP contribution in [0.2, 0.25) is 0 Å². The second kappa shape index (κ2) is 16.2. The Labute approximate surface area is 322 Å². The molecule has 292 valence electrons. The van der Waals surface area contributed by atoms with E-state index in [1.165, 1.54) is 12.7 Å². The molecule has 10 heteroatoms. The van der Waals surface area contributed by atoms with Gasteiger partial charge in [0.15, 0.2) is 5.78 Å². The highest BCUT2D eigenvalue weighted by molar-refractivity contribution is 6.19. The van der Waals surface area contributed by atoms with Gasteiger partial charge in [-0.3, -0.25) is 14.4 Å². The van der Waals surface area contributed by atoms with Crippen molar-refractivity contribution in [3.8, 4) is 0 Å². The zero-order chi connectivity index (χ0) is 39.7. The highest BCUT2D eigenvalue weighted by atomic mass is 16.5. The second-order valence-corrected chi connectivity index (χ2v) is 15.7. The van der Waals surface area contributed by atoms with Gasteiger partial charge in [0.25, 0.3) is 0 Å². The summed E-state index contributed by atoms with van der Waals surface area (Å²) in [6.07, 6.45) is 15.5. The number of hydrogen-bond donors (Lipinski definition) is 5. The van der Waals surface area contributed by atoms with Crippen molar-refractivity contribution < 1.29 is 29.0 Å². The molecule has 3 aliphatic rings. The second-order valence-electron chi connectivity index (χ2n) is 15.7. The van der Waals surface area contributed by atoms with Gasteiger partial charge in [-0.25, -0.2) is 0 Å². The van der Waals surface area contributed by atoms with Gasteiger partial charge in [-0.15, -0.1) is 0 Å². The smallest absolute Gasteiger partial charge is 0.320 e. The number of hydrogen-bond acceptors (Lipinski definition) is 7. The van der Waals surface area contributed by atoms with E-state index in [1.54, 1.807) is 0 Å². The zero-order valence-electron chi connectivity index (χ0n) is 33.5. The fraction of sp³-hybridized carbons (Fsp3) is 0.444. The van der Waals surface area contributed by atoms with Crippen LogP contribution in [0.1, 0.15) is 116 Å². The Bertz CT molecular complexity index is 2350.